The molecule has 0 aromatic heterocycles. The van der Waals surface area contributed by atoms with Gasteiger partial charge in [-0.15, -0.1) is 0 Å². The third kappa shape index (κ3) is 2.21. The van der Waals surface area contributed by atoms with Crippen molar-refractivity contribution in [3.63, 3.8) is 0 Å². The maximum atomic E-state index is 11.6. The highest BCUT2D eigenvalue weighted by molar-refractivity contribution is 5.94. The molecule has 1 rings (SSSR count). The molecule has 0 bridgehead atoms. The molecule has 1 aliphatic heterocycles. The molecule has 0 fully saturated rings. The Balaban J connectivity index is 3.38. The first kappa shape index (κ1) is 13.8. The van der Waals surface area contributed by atoms with Crippen LogP contribution < -0.4 is 0 Å². The van der Waals surface area contributed by atoms with Crippen LogP contribution in [0.3, 0.4) is 0 Å². The predicted molar refractivity (Wildman–Crippen MR) is 62.7 cm³/mol. The molecule has 0 aromatic carbocycles. The van der Waals surface area contributed by atoms with E-state index < -0.39 is 11.6 Å². The highest BCUT2D eigenvalue weighted by Gasteiger charge is 2.38. The van der Waals surface area contributed by atoms with E-state index in [0.29, 0.717) is 5.57 Å². The van der Waals surface area contributed by atoms with Crippen LogP contribution in [0.2, 0.25) is 0 Å². The molecule has 0 aromatic rings. The van der Waals surface area contributed by atoms with Crippen molar-refractivity contribution >= 4 is 5.97 Å². The summed E-state index contributed by atoms with van der Waals surface area (Å²) in [5.41, 5.74) is -0.0467. The Labute approximate surface area is 106 Å². The van der Waals surface area contributed by atoms with Gasteiger partial charge in [0.2, 0.25) is 0 Å². The number of nitriles is 2. The number of rotatable bonds is 2. The summed E-state index contributed by atoms with van der Waals surface area (Å²) in [4.78, 5) is 11.6. The van der Waals surface area contributed by atoms with E-state index in [0.717, 1.165) is 0 Å². The maximum Gasteiger partial charge on any atom is 0.352 e. The first-order valence-corrected chi connectivity index (χ1v) is 5.51. The summed E-state index contributed by atoms with van der Waals surface area (Å²) in [5.74, 6) is -0.755. The number of carbonyl (C=O) groups is 1. The summed E-state index contributed by atoms with van der Waals surface area (Å²) in [6.07, 6.45) is 0. The Morgan fingerprint density at radius 2 is 2.06 bits per heavy atom. The van der Waals surface area contributed by atoms with E-state index >= 15 is 0 Å². The second-order valence-corrected chi connectivity index (χ2v) is 4.26. The molecule has 0 N–H and O–H groups in total. The van der Waals surface area contributed by atoms with Gasteiger partial charge in [-0.25, -0.2) is 4.79 Å². The topological polar surface area (TPSA) is 83.1 Å². The van der Waals surface area contributed by atoms with Gasteiger partial charge >= 0.3 is 5.97 Å². The third-order valence-corrected chi connectivity index (χ3v) is 2.79. The summed E-state index contributed by atoms with van der Waals surface area (Å²) in [6.45, 7) is 7.08. The van der Waals surface area contributed by atoms with Crippen molar-refractivity contribution in [3.05, 3.63) is 22.5 Å². The zero-order valence-corrected chi connectivity index (χ0v) is 10.8. The molecule has 0 saturated carbocycles. The fourth-order valence-corrected chi connectivity index (χ4v) is 1.56. The molecule has 0 spiro atoms. The first-order valence-electron chi connectivity index (χ1n) is 5.51. The van der Waals surface area contributed by atoms with Gasteiger partial charge < -0.3 is 9.47 Å². The summed E-state index contributed by atoms with van der Waals surface area (Å²) in [7, 11) is 0. The second-order valence-electron chi connectivity index (χ2n) is 4.26. The summed E-state index contributed by atoms with van der Waals surface area (Å²) in [5, 5.41) is 18.1. The number of carbonyl (C=O) groups excluding carboxylic acids is 1. The molecule has 5 nitrogen and oxygen atoms in total. The minimum Gasteiger partial charge on any atom is -0.480 e. The van der Waals surface area contributed by atoms with Crippen molar-refractivity contribution in [2.45, 2.75) is 33.3 Å². The number of hydrogen-bond donors (Lipinski definition) is 0. The molecule has 5 heteroatoms. The van der Waals surface area contributed by atoms with Crippen molar-refractivity contribution in [2.24, 2.45) is 0 Å². The predicted octanol–water partition coefficient (Wildman–Crippen LogP) is 1.98. The fourth-order valence-electron chi connectivity index (χ4n) is 1.56. The quantitative estimate of drug-likeness (QED) is 0.422. The van der Waals surface area contributed by atoms with Gasteiger partial charge in [0.25, 0.3) is 0 Å². The van der Waals surface area contributed by atoms with E-state index in [-0.39, 0.29) is 23.5 Å². The van der Waals surface area contributed by atoms with Crippen LogP contribution >= 0.6 is 0 Å². The third-order valence-electron chi connectivity index (χ3n) is 2.79. The Hall–Kier alpha value is -2.27. The highest BCUT2D eigenvalue weighted by atomic mass is 16.5. The van der Waals surface area contributed by atoms with Crippen LogP contribution in [-0.4, -0.2) is 18.2 Å². The molecule has 0 aliphatic carbocycles. The van der Waals surface area contributed by atoms with Gasteiger partial charge in [0.15, 0.2) is 11.3 Å². The molecule has 1 aliphatic rings. The van der Waals surface area contributed by atoms with Crippen LogP contribution in [0.25, 0.3) is 0 Å². The summed E-state index contributed by atoms with van der Waals surface area (Å²) < 4.78 is 10.3. The molecule has 18 heavy (non-hydrogen) atoms. The minimum atomic E-state index is -0.770. The van der Waals surface area contributed by atoms with Gasteiger partial charge in [-0.2, -0.15) is 10.5 Å². The zero-order chi connectivity index (χ0) is 13.9. The van der Waals surface area contributed by atoms with Crippen molar-refractivity contribution in [3.8, 4) is 12.1 Å². The van der Waals surface area contributed by atoms with E-state index in [1.54, 1.807) is 33.8 Å². The SMILES string of the molecule is CCOC(=O)C(C#N)=C1OC(C)(C)C(C)=C1C#N. The van der Waals surface area contributed by atoms with Gasteiger partial charge in [-0.3, -0.25) is 0 Å². The smallest absolute Gasteiger partial charge is 0.352 e. The molecular weight excluding hydrogens is 232 g/mol. The van der Waals surface area contributed by atoms with Crippen LogP contribution in [0.4, 0.5) is 0 Å². The number of nitrogens with zero attached hydrogens (tertiary/aromatic N) is 2. The summed E-state index contributed by atoms with van der Waals surface area (Å²) >= 11 is 0. The average Bonchev–Trinajstić information content (AvgIpc) is 2.51. The fraction of sp³-hybridized carbons (Fsp3) is 0.462. The number of ether oxygens (including phenoxy) is 2. The minimum absolute atomic E-state index is 0.0148. The van der Waals surface area contributed by atoms with Crippen molar-refractivity contribution in [1.82, 2.24) is 0 Å². The van der Waals surface area contributed by atoms with Crippen LogP contribution in [0.1, 0.15) is 27.7 Å². The van der Waals surface area contributed by atoms with Gasteiger partial charge in [-0.05, 0) is 33.3 Å². The second kappa shape index (κ2) is 4.93. The zero-order valence-electron chi connectivity index (χ0n) is 10.8. The molecule has 94 valence electrons. The van der Waals surface area contributed by atoms with Crippen molar-refractivity contribution in [2.75, 3.05) is 6.61 Å². The van der Waals surface area contributed by atoms with Crippen molar-refractivity contribution < 1.29 is 14.3 Å². The van der Waals surface area contributed by atoms with E-state index in [1.807, 2.05) is 6.07 Å². The lowest BCUT2D eigenvalue weighted by Crippen LogP contribution is -2.20. The van der Waals surface area contributed by atoms with Gasteiger partial charge in [0.1, 0.15) is 17.7 Å². The average molecular weight is 246 g/mol. The Bertz CT molecular complexity index is 527. The molecule has 0 radical (unpaired) electrons. The largest absolute Gasteiger partial charge is 0.480 e. The van der Waals surface area contributed by atoms with Crippen LogP contribution in [0.5, 0.6) is 0 Å². The molecule has 0 amide bonds. The van der Waals surface area contributed by atoms with Crippen LogP contribution in [0.15, 0.2) is 22.5 Å². The van der Waals surface area contributed by atoms with Gasteiger partial charge in [-0.1, -0.05) is 0 Å². The van der Waals surface area contributed by atoms with Crippen LogP contribution in [0, 0.1) is 22.7 Å². The van der Waals surface area contributed by atoms with E-state index in [1.165, 1.54) is 0 Å². The highest BCUT2D eigenvalue weighted by Crippen LogP contribution is 2.39. The summed E-state index contributed by atoms with van der Waals surface area (Å²) in [6, 6.07) is 3.72. The Morgan fingerprint density at radius 1 is 1.44 bits per heavy atom. The van der Waals surface area contributed by atoms with Crippen LogP contribution in [-0.2, 0) is 14.3 Å². The standard InChI is InChI=1S/C13H14N2O3/c1-5-17-12(16)10(7-15)11-9(6-14)8(2)13(3,4)18-11/h5H2,1-4H3. The Morgan fingerprint density at radius 3 is 2.50 bits per heavy atom. The Kier molecular flexibility index (Phi) is 3.78. The van der Waals surface area contributed by atoms with Gasteiger partial charge in [0.05, 0.1) is 12.2 Å². The van der Waals surface area contributed by atoms with E-state index in [2.05, 4.69) is 0 Å². The van der Waals surface area contributed by atoms with Crippen molar-refractivity contribution in [1.29, 1.82) is 10.5 Å². The molecule has 1 heterocycles. The lowest BCUT2D eigenvalue weighted by molar-refractivity contribution is -0.138. The molecular formula is C13H14N2O3. The number of hydrogen-bond acceptors (Lipinski definition) is 5. The monoisotopic (exact) mass is 246 g/mol. The molecule has 0 unspecified atom stereocenters. The maximum absolute atomic E-state index is 11.6. The molecule has 0 atom stereocenters. The lowest BCUT2D eigenvalue weighted by atomic mass is 9.97. The first-order chi connectivity index (χ1) is 8.38. The normalized spacial score (nSPS) is 19.7. The van der Waals surface area contributed by atoms with E-state index in [9.17, 15) is 4.79 Å². The number of allylic oxidation sites excluding steroid dienone is 1. The lowest BCUT2D eigenvalue weighted by Gasteiger charge is -2.20. The van der Waals surface area contributed by atoms with Gasteiger partial charge in [0, 0.05) is 0 Å². The van der Waals surface area contributed by atoms with E-state index in [4.69, 9.17) is 20.0 Å². The number of esters is 1. The molecule has 0 saturated heterocycles.